The van der Waals surface area contributed by atoms with Crippen molar-refractivity contribution in [2.24, 2.45) is 4.76 Å². The highest BCUT2D eigenvalue weighted by Crippen LogP contribution is 1.98. The number of rotatable bonds is 3. The van der Waals surface area contributed by atoms with E-state index in [2.05, 4.69) is 40.3 Å². The maximum Gasteiger partial charge on any atom is 0.374 e. The van der Waals surface area contributed by atoms with E-state index in [1.165, 1.54) is 0 Å². The smallest absolute Gasteiger partial charge is 0.201 e. The lowest BCUT2D eigenvalue weighted by Crippen LogP contribution is -2.02. The summed E-state index contributed by atoms with van der Waals surface area (Å²) in [7, 11) is 0.916. The molecule has 0 bridgehead atoms. The molecule has 50 valence electrons. The second-order valence-corrected chi connectivity index (χ2v) is 2.55. The van der Waals surface area contributed by atoms with Crippen LogP contribution in [-0.4, -0.2) is 22.6 Å². The van der Waals surface area contributed by atoms with Gasteiger partial charge in [0.25, 0.3) is 0 Å². The van der Waals surface area contributed by atoms with Gasteiger partial charge in [0, 0.05) is 0 Å². The normalized spacial score (nSPS) is 8.67. The molecule has 0 radical (unpaired) electrons. The van der Waals surface area contributed by atoms with Gasteiger partial charge in [0.2, 0.25) is 0 Å². The molecule has 0 saturated carbocycles. The third-order valence-electron chi connectivity index (χ3n) is 0.942. The standard InChI is InChI=1S/C5H10N2PS/c1-3-7(4-2)8-6-5-9/h3-4H2,1-2H3/q+1. The summed E-state index contributed by atoms with van der Waals surface area (Å²) in [4.78, 5) is 0. The van der Waals surface area contributed by atoms with Gasteiger partial charge in [0.1, 0.15) is 13.1 Å². The van der Waals surface area contributed by atoms with Crippen molar-refractivity contribution in [2.75, 3.05) is 13.1 Å². The molecule has 0 N–H and O–H groups in total. The van der Waals surface area contributed by atoms with Gasteiger partial charge < -0.3 is 0 Å². The van der Waals surface area contributed by atoms with Crippen LogP contribution in [0.5, 0.6) is 0 Å². The predicted octanol–water partition coefficient (Wildman–Crippen LogP) is 2.19. The van der Waals surface area contributed by atoms with E-state index in [-0.39, 0.29) is 0 Å². The number of hydrogen-bond acceptors (Lipinski definition) is 1. The molecule has 0 saturated heterocycles. The highest BCUT2D eigenvalue weighted by Gasteiger charge is 1.92. The van der Waals surface area contributed by atoms with Crippen LogP contribution in [-0.2, 0) is 0 Å². The summed E-state index contributed by atoms with van der Waals surface area (Å²) < 4.78 is 5.91. The first-order chi connectivity index (χ1) is 4.35. The lowest BCUT2D eigenvalue weighted by molar-refractivity contribution is -0.496. The van der Waals surface area contributed by atoms with E-state index in [0.29, 0.717) is 0 Å². The van der Waals surface area contributed by atoms with Gasteiger partial charge in [-0.25, -0.2) is 4.33 Å². The summed E-state index contributed by atoms with van der Waals surface area (Å²) in [5.74, 6) is 0. The van der Waals surface area contributed by atoms with Crippen molar-refractivity contribution >= 4 is 25.9 Å². The fourth-order valence-corrected chi connectivity index (χ4v) is 0.957. The van der Waals surface area contributed by atoms with Crippen molar-refractivity contribution in [1.82, 2.24) is 0 Å². The molecular weight excluding hydrogens is 151 g/mol. The van der Waals surface area contributed by atoms with Crippen molar-refractivity contribution in [1.29, 1.82) is 0 Å². The van der Waals surface area contributed by atoms with Crippen LogP contribution in [0.25, 0.3) is 0 Å². The fourth-order valence-electron chi connectivity index (χ4n) is 0.432. The molecule has 0 spiro atoms. The molecule has 0 aromatic heterocycles. The summed E-state index contributed by atoms with van der Waals surface area (Å²) >= 11 is 4.42. The quantitative estimate of drug-likeness (QED) is 0.352. The topological polar surface area (TPSA) is 15.4 Å². The molecule has 0 rings (SSSR count). The molecule has 0 amide bonds. The van der Waals surface area contributed by atoms with Crippen LogP contribution in [0.4, 0.5) is 0 Å². The Kier molecular flexibility index (Phi) is 5.96. The minimum Gasteiger partial charge on any atom is -0.201 e. The zero-order valence-electron chi connectivity index (χ0n) is 5.66. The van der Waals surface area contributed by atoms with Gasteiger partial charge in [0.15, 0.2) is 0 Å². The van der Waals surface area contributed by atoms with Crippen LogP contribution in [0.3, 0.4) is 0 Å². The van der Waals surface area contributed by atoms with Crippen LogP contribution < -0.4 is 0 Å². The minimum atomic E-state index is 0.916. The van der Waals surface area contributed by atoms with Gasteiger partial charge in [-0.2, -0.15) is 0 Å². The van der Waals surface area contributed by atoms with E-state index in [1.54, 1.807) is 0 Å². The largest absolute Gasteiger partial charge is 0.374 e. The molecule has 0 aromatic carbocycles. The number of isothiocyanates is 1. The van der Waals surface area contributed by atoms with Crippen LogP contribution >= 0.6 is 20.7 Å². The zero-order valence-corrected chi connectivity index (χ0v) is 7.38. The molecular formula is C5H10N2PS+. The Hall–Kier alpha value is -0.100. The summed E-state index contributed by atoms with van der Waals surface area (Å²) in [6.07, 6.45) is 0. The van der Waals surface area contributed by atoms with E-state index >= 15 is 0 Å². The summed E-state index contributed by atoms with van der Waals surface area (Å²) in [5, 5.41) is 2.32. The average molecular weight is 161 g/mol. The van der Waals surface area contributed by atoms with E-state index < -0.39 is 0 Å². The second kappa shape index (κ2) is 6.03. The Morgan fingerprint density at radius 1 is 1.56 bits per heavy atom. The molecule has 4 heteroatoms. The van der Waals surface area contributed by atoms with Crippen molar-refractivity contribution in [3.63, 3.8) is 0 Å². The Labute approximate surface area is 62.5 Å². The molecule has 0 unspecified atom stereocenters. The average Bonchev–Trinajstić information content (AvgIpc) is 1.91. The van der Waals surface area contributed by atoms with Crippen LogP contribution in [0.2, 0.25) is 0 Å². The monoisotopic (exact) mass is 161 g/mol. The maximum absolute atomic E-state index is 4.42. The van der Waals surface area contributed by atoms with Gasteiger partial charge in [-0.3, -0.25) is 0 Å². The minimum absolute atomic E-state index is 0.916. The van der Waals surface area contributed by atoms with E-state index in [1.807, 2.05) is 0 Å². The molecule has 9 heavy (non-hydrogen) atoms. The second-order valence-electron chi connectivity index (χ2n) is 1.42. The van der Waals surface area contributed by atoms with E-state index in [9.17, 15) is 0 Å². The summed E-state index contributed by atoms with van der Waals surface area (Å²) in [5.41, 5.74) is 0. The zero-order chi connectivity index (χ0) is 7.11. The van der Waals surface area contributed by atoms with Gasteiger partial charge in [-0.05, 0) is 26.1 Å². The predicted molar refractivity (Wildman–Crippen MR) is 43.3 cm³/mol. The van der Waals surface area contributed by atoms with Gasteiger partial charge in [-0.15, -0.1) is 4.76 Å². The van der Waals surface area contributed by atoms with Gasteiger partial charge in [0.05, 0.1) is 5.16 Å². The lowest BCUT2D eigenvalue weighted by Gasteiger charge is -1.87. The summed E-state index contributed by atoms with van der Waals surface area (Å²) in [6.45, 7) is 6.21. The third-order valence-corrected chi connectivity index (χ3v) is 2.18. The Balaban J connectivity index is 3.90. The van der Waals surface area contributed by atoms with Crippen molar-refractivity contribution in [3.8, 4) is 0 Å². The Morgan fingerprint density at radius 3 is 2.44 bits per heavy atom. The molecule has 2 nitrogen and oxygen atoms in total. The molecule has 0 aliphatic rings. The highest BCUT2D eigenvalue weighted by atomic mass is 32.1. The molecule has 0 atom stereocenters. The highest BCUT2D eigenvalue weighted by molar-refractivity contribution is 7.78. The lowest BCUT2D eigenvalue weighted by atomic mass is 10.7. The first-order valence-corrected chi connectivity index (χ1v) is 4.08. The van der Waals surface area contributed by atoms with Crippen LogP contribution in [0.1, 0.15) is 13.8 Å². The number of thiocarbonyl (C=S) groups is 1. The Morgan fingerprint density at radius 2 is 2.11 bits per heavy atom. The molecule has 0 aliphatic heterocycles. The van der Waals surface area contributed by atoms with Crippen molar-refractivity contribution in [3.05, 3.63) is 0 Å². The SMILES string of the molecule is CC[N+](CC)=PN=C=S. The maximum atomic E-state index is 4.42. The molecule has 0 aliphatic carbocycles. The molecule has 0 aromatic rings. The van der Waals surface area contributed by atoms with Crippen LogP contribution in [0, 0.1) is 0 Å². The third kappa shape index (κ3) is 4.41. The van der Waals surface area contributed by atoms with Gasteiger partial charge in [-0.1, -0.05) is 0 Å². The van der Waals surface area contributed by atoms with E-state index in [4.69, 9.17) is 0 Å². The van der Waals surface area contributed by atoms with Gasteiger partial charge >= 0.3 is 8.52 Å². The summed E-state index contributed by atoms with van der Waals surface area (Å²) in [6, 6.07) is 0. The first kappa shape index (κ1) is 8.90. The van der Waals surface area contributed by atoms with Crippen molar-refractivity contribution < 1.29 is 4.33 Å². The van der Waals surface area contributed by atoms with Crippen molar-refractivity contribution in [2.45, 2.75) is 13.8 Å². The van der Waals surface area contributed by atoms with E-state index in [0.717, 1.165) is 21.6 Å². The Bertz CT molecular complexity index is 143. The molecule has 0 heterocycles. The molecule has 0 fully saturated rings. The number of nitrogens with zero attached hydrogens (tertiary/aromatic N) is 2. The number of hydrogen-bond donors (Lipinski definition) is 0. The van der Waals surface area contributed by atoms with Crippen LogP contribution in [0.15, 0.2) is 4.76 Å². The first-order valence-electron chi connectivity index (χ1n) is 2.87. The fraction of sp³-hybridized carbons (Fsp3) is 0.800.